The average Bonchev–Trinajstić information content (AvgIpc) is 2.92. The molecule has 4 nitrogen and oxygen atoms in total. The molecule has 0 saturated heterocycles. The van der Waals surface area contributed by atoms with E-state index in [0.717, 1.165) is 18.4 Å². The Morgan fingerprint density at radius 3 is 2.67 bits per heavy atom. The number of rotatable bonds is 3. The zero-order valence-electron chi connectivity index (χ0n) is 8.53. The predicted molar refractivity (Wildman–Crippen MR) is 58.9 cm³/mol. The molecule has 0 amide bonds. The Balaban J connectivity index is 2.38. The third kappa shape index (κ3) is 2.30. The van der Waals surface area contributed by atoms with Crippen molar-refractivity contribution < 1.29 is 8.42 Å². The third-order valence-corrected chi connectivity index (χ3v) is 4.06. The van der Waals surface area contributed by atoms with Crippen molar-refractivity contribution in [3.63, 3.8) is 0 Å². The summed E-state index contributed by atoms with van der Waals surface area (Å²) in [6.45, 7) is 1.76. The lowest BCUT2D eigenvalue weighted by Gasteiger charge is -2.08. The van der Waals surface area contributed by atoms with Crippen LogP contribution in [-0.4, -0.2) is 14.5 Å². The summed E-state index contributed by atoms with van der Waals surface area (Å²) in [4.78, 5) is 0.286. The van der Waals surface area contributed by atoms with Crippen molar-refractivity contribution in [1.82, 2.24) is 4.72 Å². The molecule has 5 heteroatoms. The molecule has 0 heterocycles. The molecule has 0 radical (unpaired) electrons. The molecule has 0 unspecified atom stereocenters. The highest BCUT2D eigenvalue weighted by molar-refractivity contribution is 7.89. The summed E-state index contributed by atoms with van der Waals surface area (Å²) in [6, 6.07) is 5.04. The van der Waals surface area contributed by atoms with Crippen LogP contribution < -0.4 is 10.5 Å². The Morgan fingerprint density at radius 1 is 1.40 bits per heavy atom. The Kier molecular flexibility index (Phi) is 2.44. The lowest BCUT2D eigenvalue weighted by Crippen LogP contribution is -2.26. The smallest absolute Gasteiger partial charge is 0.241 e. The van der Waals surface area contributed by atoms with E-state index in [4.69, 9.17) is 5.73 Å². The van der Waals surface area contributed by atoms with Gasteiger partial charge in [0.25, 0.3) is 0 Å². The second-order valence-corrected chi connectivity index (χ2v) is 5.60. The van der Waals surface area contributed by atoms with Gasteiger partial charge < -0.3 is 5.73 Å². The standard InChI is InChI=1S/C10H14N2O2S/c1-7-2-3-8(11)6-10(7)15(13,14)12-9-4-5-9/h2-3,6,9,12H,4-5,11H2,1H3. The topological polar surface area (TPSA) is 72.2 Å². The minimum absolute atomic E-state index is 0.121. The van der Waals surface area contributed by atoms with Crippen molar-refractivity contribution in [2.24, 2.45) is 0 Å². The van der Waals surface area contributed by atoms with E-state index in [2.05, 4.69) is 4.72 Å². The Labute approximate surface area is 89.5 Å². The van der Waals surface area contributed by atoms with E-state index >= 15 is 0 Å². The molecule has 3 N–H and O–H groups in total. The number of aryl methyl sites for hydroxylation is 1. The van der Waals surface area contributed by atoms with Gasteiger partial charge in [0.1, 0.15) is 0 Å². The van der Waals surface area contributed by atoms with Gasteiger partial charge in [0.05, 0.1) is 4.90 Å². The Morgan fingerprint density at radius 2 is 2.07 bits per heavy atom. The SMILES string of the molecule is Cc1ccc(N)cc1S(=O)(=O)NC1CC1. The molecule has 0 atom stereocenters. The van der Waals surface area contributed by atoms with E-state index in [1.54, 1.807) is 19.1 Å². The summed E-state index contributed by atoms with van der Waals surface area (Å²) < 4.78 is 26.4. The summed E-state index contributed by atoms with van der Waals surface area (Å²) in [7, 11) is -3.38. The number of hydrogen-bond donors (Lipinski definition) is 2. The maximum absolute atomic E-state index is 11.9. The molecular formula is C10H14N2O2S. The normalized spacial score (nSPS) is 16.6. The fraction of sp³-hybridized carbons (Fsp3) is 0.400. The first-order chi connectivity index (χ1) is 6.99. The molecule has 1 aromatic rings. The monoisotopic (exact) mass is 226 g/mol. The minimum atomic E-state index is -3.38. The highest BCUT2D eigenvalue weighted by atomic mass is 32.2. The summed E-state index contributed by atoms with van der Waals surface area (Å²) >= 11 is 0. The van der Waals surface area contributed by atoms with Crippen LogP contribution in [0.15, 0.2) is 23.1 Å². The molecule has 1 fully saturated rings. The summed E-state index contributed by atoms with van der Waals surface area (Å²) in [5.74, 6) is 0. The molecule has 15 heavy (non-hydrogen) atoms. The van der Waals surface area contributed by atoms with Crippen LogP contribution >= 0.6 is 0 Å². The first-order valence-corrected chi connectivity index (χ1v) is 6.36. The number of nitrogen functional groups attached to an aromatic ring is 1. The number of nitrogens with one attached hydrogen (secondary N) is 1. The van der Waals surface area contributed by atoms with E-state index in [9.17, 15) is 8.42 Å². The van der Waals surface area contributed by atoms with Crippen molar-refractivity contribution in [2.75, 3.05) is 5.73 Å². The van der Waals surface area contributed by atoms with Gasteiger partial charge in [-0.25, -0.2) is 13.1 Å². The average molecular weight is 226 g/mol. The lowest BCUT2D eigenvalue weighted by molar-refractivity contribution is 0.580. The van der Waals surface area contributed by atoms with Gasteiger partial charge in [0.15, 0.2) is 0 Å². The number of anilines is 1. The molecule has 0 aromatic heterocycles. The number of sulfonamides is 1. The van der Waals surface area contributed by atoms with Crippen LogP contribution in [0.4, 0.5) is 5.69 Å². The van der Waals surface area contributed by atoms with E-state index in [1.807, 2.05) is 0 Å². The van der Waals surface area contributed by atoms with Crippen molar-refractivity contribution in [2.45, 2.75) is 30.7 Å². The minimum Gasteiger partial charge on any atom is -0.399 e. The van der Waals surface area contributed by atoms with E-state index in [1.165, 1.54) is 6.07 Å². The number of hydrogen-bond acceptors (Lipinski definition) is 3. The Hall–Kier alpha value is -1.07. The number of benzene rings is 1. The van der Waals surface area contributed by atoms with Gasteiger partial charge in [-0.2, -0.15) is 0 Å². The molecular weight excluding hydrogens is 212 g/mol. The Bertz CT molecular complexity index is 478. The third-order valence-electron chi connectivity index (χ3n) is 2.40. The number of nitrogens with two attached hydrogens (primary N) is 1. The highest BCUT2D eigenvalue weighted by Gasteiger charge is 2.28. The zero-order chi connectivity index (χ0) is 11.1. The molecule has 1 saturated carbocycles. The van der Waals surface area contributed by atoms with Crippen LogP contribution in [0.2, 0.25) is 0 Å². The summed E-state index contributed by atoms with van der Waals surface area (Å²) in [6.07, 6.45) is 1.86. The highest BCUT2D eigenvalue weighted by Crippen LogP contribution is 2.24. The van der Waals surface area contributed by atoms with Crippen LogP contribution in [-0.2, 0) is 10.0 Å². The van der Waals surface area contributed by atoms with Crippen LogP contribution in [0.1, 0.15) is 18.4 Å². The van der Waals surface area contributed by atoms with E-state index in [-0.39, 0.29) is 10.9 Å². The molecule has 0 bridgehead atoms. The summed E-state index contributed by atoms with van der Waals surface area (Å²) in [5.41, 5.74) is 6.77. The molecule has 0 spiro atoms. The molecule has 1 aliphatic rings. The molecule has 82 valence electrons. The lowest BCUT2D eigenvalue weighted by atomic mass is 10.2. The summed E-state index contributed by atoms with van der Waals surface area (Å²) in [5, 5.41) is 0. The van der Waals surface area contributed by atoms with Gasteiger partial charge in [0.2, 0.25) is 10.0 Å². The molecule has 2 rings (SSSR count). The quantitative estimate of drug-likeness (QED) is 0.756. The van der Waals surface area contributed by atoms with Crippen molar-refractivity contribution in [3.8, 4) is 0 Å². The van der Waals surface area contributed by atoms with Crippen LogP contribution in [0.25, 0.3) is 0 Å². The van der Waals surface area contributed by atoms with Crippen LogP contribution in [0, 0.1) is 6.92 Å². The molecule has 1 aromatic carbocycles. The van der Waals surface area contributed by atoms with Gasteiger partial charge >= 0.3 is 0 Å². The first-order valence-electron chi connectivity index (χ1n) is 4.87. The maximum atomic E-state index is 11.9. The molecule has 0 aliphatic heterocycles. The maximum Gasteiger partial charge on any atom is 0.241 e. The van der Waals surface area contributed by atoms with Gasteiger partial charge in [-0.3, -0.25) is 0 Å². The van der Waals surface area contributed by atoms with Crippen LogP contribution in [0.5, 0.6) is 0 Å². The van der Waals surface area contributed by atoms with Gasteiger partial charge in [-0.1, -0.05) is 6.07 Å². The largest absolute Gasteiger partial charge is 0.399 e. The van der Waals surface area contributed by atoms with Gasteiger partial charge in [-0.15, -0.1) is 0 Å². The zero-order valence-corrected chi connectivity index (χ0v) is 9.34. The van der Waals surface area contributed by atoms with Crippen LogP contribution in [0.3, 0.4) is 0 Å². The second kappa shape index (κ2) is 3.50. The van der Waals surface area contributed by atoms with E-state index in [0.29, 0.717) is 5.69 Å². The second-order valence-electron chi connectivity index (χ2n) is 3.92. The van der Waals surface area contributed by atoms with E-state index < -0.39 is 10.0 Å². The fourth-order valence-corrected chi connectivity index (χ4v) is 2.97. The molecule has 1 aliphatic carbocycles. The van der Waals surface area contributed by atoms with Gasteiger partial charge in [-0.05, 0) is 37.5 Å². The predicted octanol–water partition coefficient (Wildman–Crippen LogP) is 1.02. The van der Waals surface area contributed by atoms with Crippen molar-refractivity contribution in [3.05, 3.63) is 23.8 Å². The van der Waals surface area contributed by atoms with Crippen molar-refractivity contribution in [1.29, 1.82) is 0 Å². The fourth-order valence-electron chi connectivity index (χ4n) is 1.39. The van der Waals surface area contributed by atoms with Gasteiger partial charge in [0, 0.05) is 11.7 Å². The van der Waals surface area contributed by atoms with Crippen molar-refractivity contribution >= 4 is 15.7 Å². The first kappa shape index (κ1) is 10.4.